The molecule has 0 radical (unpaired) electrons. The van der Waals surface area contributed by atoms with Crippen LogP contribution < -0.4 is 5.32 Å². The number of unbranched alkanes of at least 4 members (excludes halogenated alkanes) is 1. The van der Waals surface area contributed by atoms with Crippen molar-refractivity contribution in [2.24, 2.45) is 0 Å². The minimum absolute atomic E-state index is 0.0653. The number of carbonyl (C=O) groups excluding carboxylic acids is 1. The molecule has 31 heavy (non-hydrogen) atoms. The molecule has 3 rings (SSSR count). The molecule has 1 N–H and O–H groups in total. The highest BCUT2D eigenvalue weighted by atomic mass is 79.9. The van der Waals surface area contributed by atoms with Crippen molar-refractivity contribution in [2.45, 2.75) is 33.1 Å². The third-order valence-electron chi connectivity index (χ3n) is 5.00. The number of nitro groups is 1. The van der Waals surface area contributed by atoms with Crippen molar-refractivity contribution < 1.29 is 9.72 Å². The van der Waals surface area contributed by atoms with E-state index in [1.807, 2.05) is 19.1 Å². The molecule has 0 fully saturated rings. The number of nitrogens with zero attached hydrogens (tertiary/aromatic N) is 1. The topological polar surface area (TPSA) is 72.2 Å². The summed E-state index contributed by atoms with van der Waals surface area (Å²) in [6, 6.07) is 15.6. The van der Waals surface area contributed by atoms with E-state index in [2.05, 4.69) is 34.2 Å². The molecule has 3 aromatic carbocycles. The van der Waals surface area contributed by atoms with E-state index in [-0.39, 0.29) is 16.5 Å². The summed E-state index contributed by atoms with van der Waals surface area (Å²) in [5.74, 6) is -0.147. The Morgan fingerprint density at radius 2 is 1.84 bits per heavy atom. The van der Waals surface area contributed by atoms with Crippen molar-refractivity contribution in [3.8, 4) is 0 Å². The zero-order valence-corrected chi connectivity index (χ0v) is 19.6. The molecular formula is C24H22BrClN2O3. The maximum Gasteiger partial charge on any atom is 0.293 e. The SMILES string of the molecule is CCCCc1ccc(C(=O)c2ccc(Nc3ccc(Br)cc3[N+](=O)[O-])cc2Cl)c(C)c1. The van der Waals surface area contributed by atoms with E-state index in [9.17, 15) is 14.9 Å². The van der Waals surface area contributed by atoms with Crippen molar-refractivity contribution in [3.05, 3.63) is 96.5 Å². The molecule has 0 aliphatic heterocycles. The predicted molar refractivity (Wildman–Crippen MR) is 129 cm³/mol. The molecule has 5 nitrogen and oxygen atoms in total. The molecule has 0 amide bonds. The van der Waals surface area contributed by atoms with Gasteiger partial charge in [0.05, 0.1) is 9.95 Å². The Kier molecular flexibility index (Phi) is 7.46. The standard InChI is InChI=1S/C24H22BrClN2O3/c1-3-4-5-16-6-9-19(15(2)12-16)24(29)20-10-8-18(14-21(20)26)27-22-11-7-17(25)13-23(22)28(30)31/h6-14,27H,3-5H2,1-2H3. The number of ketones is 1. The molecule has 0 atom stereocenters. The average Bonchev–Trinajstić information content (AvgIpc) is 2.73. The van der Waals surface area contributed by atoms with E-state index in [1.165, 1.54) is 11.6 Å². The van der Waals surface area contributed by atoms with Crippen molar-refractivity contribution in [1.29, 1.82) is 0 Å². The summed E-state index contributed by atoms with van der Waals surface area (Å²) >= 11 is 9.66. The van der Waals surface area contributed by atoms with Crippen LogP contribution in [-0.2, 0) is 6.42 Å². The fraction of sp³-hybridized carbons (Fsp3) is 0.208. The number of hydrogen-bond donors (Lipinski definition) is 1. The minimum atomic E-state index is -0.459. The van der Waals surface area contributed by atoms with Gasteiger partial charge >= 0.3 is 0 Å². The number of aryl methyl sites for hydroxylation is 2. The van der Waals surface area contributed by atoms with Crippen molar-refractivity contribution in [2.75, 3.05) is 5.32 Å². The summed E-state index contributed by atoms with van der Waals surface area (Å²) in [5.41, 5.74) is 3.97. The fourth-order valence-corrected chi connectivity index (χ4v) is 3.97. The highest BCUT2D eigenvalue weighted by Gasteiger charge is 2.18. The molecule has 160 valence electrons. The Labute approximate surface area is 194 Å². The summed E-state index contributed by atoms with van der Waals surface area (Å²) in [5, 5.41) is 14.6. The van der Waals surface area contributed by atoms with Gasteiger partial charge in [-0.3, -0.25) is 14.9 Å². The molecule has 0 aromatic heterocycles. The summed E-state index contributed by atoms with van der Waals surface area (Å²) in [4.78, 5) is 23.9. The number of carbonyl (C=O) groups is 1. The number of anilines is 2. The predicted octanol–water partition coefficient (Wildman–Crippen LogP) is 7.64. The first-order valence-electron chi connectivity index (χ1n) is 9.95. The van der Waals surface area contributed by atoms with Crippen molar-refractivity contribution >= 4 is 50.4 Å². The molecule has 0 saturated heterocycles. The second-order valence-corrected chi connectivity index (χ2v) is 8.64. The number of nitrogens with one attached hydrogen (secondary N) is 1. The molecule has 3 aromatic rings. The van der Waals surface area contributed by atoms with Gasteiger partial charge in [-0.2, -0.15) is 0 Å². The van der Waals surface area contributed by atoms with Gasteiger partial charge in [0.25, 0.3) is 5.69 Å². The normalized spacial score (nSPS) is 10.7. The van der Waals surface area contributed by atoms with Gasteiger partial charge < -0.3 is 5.32 Å². The maximum absolute atomic E-state index is 13.1. The smallest absolute Gasteiger partial charge is 0.293 e. The number of hydrogen-bond acceptors (Lipinski definition) is 4. The van der Waals surface area contributed by atoms with Gasteiger partial charge in [-0.1, -0.05) is 59.1 Å². The van der Waals surface area contributed by atoms with E-state index in [0.717, 1.165) is 24.8 Å². The first-order valence-corrected chi connectivity index (χ1v) is 11.1. The van der Waals surface area contributed by atoms with E-state index in [4.69, 9.17) is 11.6 Å². The van der Waals surface area contributed by atoms with Gasteiger partial charge in [-0.05, 0) is 61.2 Å². The first kappa shape index (κ1) is 23.0. The van der Waals surface area contributed by atoms with Crippen LogP contribution in [0.5, 0.6) is 0 Å². The lowest BCUT2D eigenvalue weighted by molar-refractivity contribution is -0.384. The van der Waals surface area contributed by atoms with Gasteiger partial charge in [-0.15, -0.1) is 0 Å². The maximum atomic E-state index is 13.1. The Bertz CT molecular complexity index is 1150. The molecule has 0 bridgehead atoms. The van der Waals surface area contributed by atoms with Gasteiger partial charge in [0.1, 0.15) is 5.69 Å². The molecule has 0 saturated carbocycles. The van der Waals surface area contributed by atoms with E-state index in [0.29, 0.717) is 27.0 Å². The Morgan fingerprint density at radius 1 is 1.10 bits per heavy atom. The van der Waals surface area contributed by atoms with Crippen LogP contribution in [0.4, 0.5) is 17.1 Å². The molecule has 0 unspecified atom stereocenters. The summed E-state index contributed by atoms with van der Waals surface area (Å²) in [6.45, 7) is 4.08. The second-order valence-electron chi connectivity index (χ2n) is 7.32. The third kappa shape index (κ3) is 5.51. The Hall–Kier alpha value is -2.70. The summed E-state index contributed by atoms with van der Waals surface area (Å²) in [6.07, 6.45) is 3.23. The number of benzene rings is 3. The second kappa shape index (κ2) is 10.1. The zero-order chi connectivity index (χ0) is 22.5. The van der Waals surface area contributed by atoms with Gasteiger partial charge in [0, 0.05) is 27.4 Å². The molecular weight excluding hydrogens is 480 g/mol. The molecule has 0 spiro atoms. The lowest BCUT2D eigenvalue weighted by Crippen LogP contribution is -2.06. The number of nitro benzene ring substituents is 1. The van der Waals surface area contributed by atoms with Gasteiger partial charge in [0.2, 0.25) is 0 Å². The van der Waals surface area contributed by atoms with E-state index >= 15 is 0 Å². The zero-order valence-electron chi connectivity index (χ0n) is 17.2. The van der Waals surface area contributed by atoms with Crippen LogP contribution in [0.3, 0.4) is 0 Å². The van der Waals surface area contributed by atoms with Crippen LogP contribution in [-0.4, -0.2) is 10.7 Å². The largest absolute Gasteiger partial charge is 0.350 e. The van der Waals surface area contributed by atoms with Crippen LogP contribution >= 0.6 is 27.5 Å². The molecule has 7 heteroatoms. The van der Waals surface area contributed by atoms with Gasteiger partial charge in [-0.25, -0.2) is 0 Å². The van der Waals surface area contributed by atoms with Crippen LogP contribution in [0.2, 0.25) is 5.02 Å². The third-order valence-corrected chi connectivity index (χ3v) is 5.81. The highest BCUT2D eigenvalue weighted by molar-refractivity contribution is 9.10. The van der Waals surface area contributed by atoms with Crippen LogP contribution in [0.25, 0.3) is 0 Å². The summed E-state index contributed by atoms with van der Waals surface area (Å²) < 4.78 is 0.611. The van der Waals surface area contributed by atoms with Crippen LogP contribution in [0.15, 0.2) is 59.1 Å². The lowest BCUT2D eigenvalue weighted by atomic mass is 9.95. The van der Waals surface area contributed by atoms with E-state index in [1.54, 1.807) is 30.3 Å². The fourth-order valence-electron chi connectivity index (χ4n) is 3.36. The Morgan fingerprint density at radius 3 is 2.48 bits per heavy atom. The quantitative estimate of drug-likeness (QED) is 0.195. The molecule has 0 heterocycles. The van der Waals surface area contributed by atoms with Crippen LogP contribution in [0, 0.1) is 17.0 Å². The summed E-state index contributed by atoms with van der Waals surface area (Å²) in [7, 11) is 0. The molecule has 0 aliphatic carbocycles. The van der Waals surface area contributed by atoms with Gasteiger partial charge in [0.15, 0.2) is 5.78 Å². The number of rotatable bonds is 8. The monoisotopic (exact) mass is 500 g/mol. The van der Waals surface area contributed by atoms with Crippen LogP contribution in [0.1, 0.15) is 46.8 Å². The van der Waals surface area contributed by atoms with Crippen molar-refractivity contribution in [3.63, 3.8) is 0 Å². The van der Waals surface area contributed by atoms with Crippen molar-refractivity contribution in [1.82, 2.24) is 0 Å². The Balaban J connectivity index is 1.84. The lowest BCUT2D eigenvalue weighted by Gasteiger charge is -2.12. The van der Waals surface area contributed by atoms with E-state index < -0.39 is 4.92 Å². The first-order chi connectivity index (χ1) is 14.8. The minimum Gasteiger partial charge on any atom is -0.350 e. The average molecular weight is 502 g/mol. The molecule has 0 aliphatic rings. The highest BCUT2D eigenvalue weighted by Crippen LogP contribution is 2.32. The number of halogens is 2.